The number of nitrogens with one attached hydrogen (secondary N) is 2. The molecule has 8 heteroatoms. The summed E-state index contributed by atoms with van der Waals surface area (Å²) in [5.74, 6) is -0.129. The van der Waals surface area contributed by atoms with Crippen molar-refractivity contribution in [1.29, 1.82) is 0 Å². The van der Waals surface area contributed by atoms with Gasteiger partial charge in [0.05, 0.1) is 12.6 Å². The fourth-order valence-corrected chi connectivity index (χ4v) is 4.26. The molecule has 3 rings (SSSR count). The summed E-state index contributed by atoms with van der Waals surface area (Å²) in [5.41, 5.74) is 1.41. The molecule has 0 radical (unpaired) electrons. The number of urea groups is 2. The molecule has 0 spiro atoms. The van der Waals surface area contributed by atoms with Crippen LogP contribution in [0, 0.1) is 11.7 Å². The summed E-state index contributed by atoms with van der Waals surface area (Å²) in [4.78, 5) is 29.0. The average Bonchev–Trinajstić information content (AvgIpc) is 3.57. The van der Waals surface area contributed by atoms with E-state index in [1.807, 2.05) is 17.9 Å². The van der Waals surface area contributed by atoms with Gasteiger partial charge in [0, 0.05) is 51.3 Å². The van der Waals surface area contributed by atoms with Crippen molar-refractivity contribution in [2.24, 2.45) is 5.92 Å². The summed E-state index contributed by atoms with van der Waals surface area (Å²) < 4.78 is 19.6. The number of likely N-dealkylation sites (tertiary alicyclic amines) is 1. The number of piperidine rings is 1. The number of hydrogen-bond acceptors (Lipinski definition) is 3. The summed E-state index contributed by atoms with van der Waals surface area (Å²) in [7, 11) is 3.26. The Hall–Kier alpha value is -2.35. The number of hydrogen-bond donors (Lipinski definition) is 2. The van der Waals surface area contributed by atoms with Gasteiger partial charge in [0.25, 0.3) is 0 Å². The lowest BCUT2D eigenvalue weighted by Gasteiger charge is -2.42. The maximum Gasteiger partial charge on any atom is 0.318 e. The molecule has 2 fully saturated rings. The number of ether oxygens (including phenoxy) is 1. The lowest BCUT2D eigenvalue weighted by atomic mass is 9.94. The summed E-state index contributed by atoms with van der Waals surface area (Å²) >= 11 is 0. The Morgan fingerprint density at radius 2 is 2.03 bits per heavy atom. The second-order valence-corrected chi connectivity index (χ2v) is 8.25. The Labute approximate surface area is 177 Å². The molecule has 7 nitrogen and oxygen atoms in total. The van der Waals surface area contributed by atoms with E-state index in [1.165, 1.54) is 6.07 Å². The van der Waals surface area contributed by atoms with Crippen LogP contribution in [0.3, 0.4) is 0 Å². The van der Waals surface area contributed by atoms with Gasteiger partial charge in [-0.1, -0.05) is 19.1 Å². The minimum Gasteiger partial charge on any atom is -0.384 e. The van der Waals surface area contributed by atoms with E-state index in [1.54, 1.807) is 25.1 Å². The zero-order chi connectivity index (χ0) is 21.7. The first kappa shape index (κ1) is 22.3. The highest BCUT2D eigenvalue weighted by molar-refractivity contribution is 5.76. The molecule has 1 aliphatic carbocycles. The summed E-state index contributed by atoms with van der Waals surface area (Å²) in [6.07, 6.45) is 3.47. The van der Waals surface area contributed by atoms with Crippen molar-refractivity contribution in [3.05, 3.63) is 35.1 Å². The molecular formula is C22H33FN4O3. The predicted octanol–water partition coefficient (Wildman–Crippen LogP) is 2.74. The molecule has 0 bridgehead atoms. The van der Waals surface area contributed by atoms with Gasteiger partial charge in [0.15, 0.2) is 0 Å². The fraction of sp³-hybridized carbons (Fsp3) is 0.636. The molecule has 2 atom stereocenters. The Kier molecular flexibility index (Phi) is 7.53. The molecule has 2 aliphatic rings. The summed E-state index contributed by atoms with van der Waals surface area (Å²) in [6.45, 7) is 3.76. The maximum absolute atomic E-state index is 14.3. The number of benzene rings is 1. The second-order valence-electron chi connectivity index (χ2n) is 8.25. The molecule has 166 valence electrons. The number of nitrogens with zero attached hydrogens (tertiary/aromatic N) is 2. The first-order valence-corrected chi connectivity index (χ1v) is 10.8. The van der Waals surface area contributed by atoms with Crippen molar-refractivity contribution in [3.63, 3.8) is 0 Å². The topological polar surface area (TPSA) is 73.9 Å². The normalized spacial score (nSPS) is 21.3. The highest BCUT2D eigenvalue weighted by Gasteiger charge is 2.41. The number of aryl methyl sites for hydroxylation is 1. The van der Waals surface area contributed by atoms with Crippen LogP contribution in [-0.4, -0.2) is 67.8 Å². The van der Waals surface area contributed by atoms with E-state index < -0.39 is 0 Å². The zero-order valence-corrected chi connectivity index (χ0v) is 18.1. The van der Waals surface area contributed by atoms with E-state index in [2.05, 4.69) is 10.6 Å². The Morgan fingerprint density at radius 1 is 1.27 bits per heavy atom. The van der Waals surface area contributed by atoms with Crippen molar-refractivity contribution in [2.75, 3.05) is 33.9 Å². The predicted molar refractivity (Wildman–Crippen MR) is 113 cm³/mol. The molecule has 2 unspecified atom stereocenters. The van der Waals surface area contributed by atoms with Crippen molar-refractivity contribution >= 4 is 12.1 Å². The highest BCUT2D eigenvalue weighted by Crippen LogP contribution is 2.33. The van der Waals surface area contributed by atoms with Gasteiger partial charge < -0.3 is 25.2 Å². The second kappa shape index (κ2) is 10.1. The third-order valence-electron chi connectivity index (χ3n) is 5.94. The van der Waals surface area contributed by atoms with E-state index >= 15 is 0 Å². The minimum absolute atomic E-state index is 0.0870. The van der Waals surface area contributed by atoms with Crippen molar-refractivity contribution in [1.82, 2.24) is 20.4 Å². The van der Waals surface area contributed by atoms with Gasteiger partial charge in [0.1, 0.15) is 5.82 Å². The molecule has 1 heterocycles. The van der Waals surface area contributed by atoms with E-state index in [0.717, 1.165) is 31.2 Å². The zero-order valence-electron chi connectivity index (χ0n) is 18.1. The molecule has 1 saturated carbocycles. The van der Waals surface area contributed by atoms with Crippen LogP contribution >= 0.6 is 0 Å². The van der Waals surface area contributed by atoms with E-state index in [-0.39, 0.29) is 42.4 Å². The maximum atomic E-state index is 14.3. The lowest BCUT2D eigenvalue weighted by Crippen LogP contribution is -2.58. The summed E-state index contributed by atoms with van der Waals surface area (Å²) in [5, 5.41) is 5.58. The number of carbonyl (C=O) groups excluding carboxylic acids is 2. The molecule has 30 heavy (non-hydrogen) atoms. The van der Waals surface area contributed by atoms with E-state index in [4.69, 9.17) is 4.74 Å². The van der Waals surface area contributed by atoms with Crippen LogP contribution in [0.4, 0.5) is 14.0 Å². The average molecular weight is 421 g/mol. The van der Waals surface area contributed by atoms with Gasteiger partial charge in [0.2, 0.25) is 0 Å². The standard InChI is InChI=1S/C22H33FN4O3/c1-4-15-5-6-17(20(23)10-15)11-25-22(29)27(18-7-8-18)19-9-16(14-30-3)12-26(13-19)21(28)24-2/h5-6,10,16,18-19H,4,7-9,11-14H2,1-3H3,(H,24,28)(H,25,29). The monoisotopic (exact) mass is 420 g/mol. The number of amides is 4. The molecule has 2 N–H and O–H groups in total. The summed E-state index contributed by atoms with van der Waals surface area (Å²) in [6, 6.07) is 4.90. The van der Waals surface area contributed by atoms with Gasteiger partial charge >= 0.3 is 12.1 Å². The molecule has 1 aromatic carbocycles. The van der Waals surface area contributed by atoms with Crippen LogP contribution < -0.4 is 10.6 Å². The molecule has 1 aromatic rings. The highest BCUT2D eigenvalue weighted by atomic mass is 19.1. The quantitative estimate of drug-likeness (QED) is 0.712. The first-order chi connectivity index (χ1) is 14.5. The van der Waals surface area contributed by atoms with Gasteiger partial charge in [-0.3, -0.25) is 0 Å². The molecular weight excluding hydrogens is 387 g/mol. The van der Waals surface area contributed by atoms with Gasteiger partial charge in [-0.25, -0.2) is 14.0 Å². The van der Waals surface area contributed by atoms with Crippen LogP contribution in [0.15, 0.2) is 18.2 Å². The Morgan fingerprint density at radius 3 is 2.63 bits per heavy atom. The van der Waals surface area contributed by atoms with Crippen LogP contribution in [0.1, 0.15) is 37.3 Å². The number of rotatable bonds is 7. The third kappa shape index (κ3) is 5.41. The van der Waals surface area contributed by atoms with Crippen LogP contribution in [0.2, 0.25) is 0 Å². The van der Waals surface area contributed by atoms with E-state index in [9.17, 15) is 14.0 Å². The van der Waals surface area contributed by atoms with Gasteiger partial charge in [-0.05, 0) is 37.3 Å². The molecule has 0 aromatic heterocycles. The van der Waals surface area contributed by atoms with Gasteiger partial charge in [-0.15, -0.1) is 0 Å². The van der Waals surface area contributed by atoms with E-state index in [0.29, 0.717) is 25.3 Å². The largest absolute Gasteiger partial charge is 0.384 e. The number of carbonyl (C=O) groups is 2. The van der Waals surface area contributed by atoms with Crippen molar-refractivity contribution in [3.8, 4) is 0 Å². The number of halogens is 1. The minimum atomic E-state index is -0.295. The fourth-order valence-electron chi connectivity index (χ4n) is 4.26. The number of methoxy groups -OCH3 is 1. The SMILES string of the molecule is CCc1ccc(CNC(=O)N(C2CC2)C2CC(COC)CN(C(=O)NC)C2)c(F)c1. The van der Waals surface area contributed by atoms with Gasteiger partial charge in [-0.2, -0.15) is 0 Å². The molecule has 1 saturated heterocycles. The Balaban J connectivity index is 1.69. The molecule has 1 aliphatic heterocycles. The van der Waals surface area contributed by atoms with Crippen molar-refractivity contribution in [2.45, 2.75) is 51.2 Å². The molecule has 4 amide bonds. The third-order valence-corrected chi connectivity index (χ3v) is 5.94. The van der Waals surface area contributed by atoms with Crippen LogP contribution in [0.5, 0.6) is 0 Å². The van der Waals surface area contributed by atoms with Crippen LogP contribution in [-0.2, 0) is 17.7 Å². The first-order valence-electron chi connectivity index (χ1n) is 10.8. The Bertz CT molecular complexity index is 756. The van der Waals surface area contributed by atoms with Crippen molar-refractivity contribution < 1.29 is 18.7 Å². The lowest BCUT2D eigenvalue weighted by molar-refractivity contribution is 0.0552. The van der Waals surface area contributed by atoms with Crippen LogP contribution in [0.25, 0.3) is 0 Å². The smallest absolute Gasteiger partial charge is 0.318 e.